The molecule has 0 aliphatic heterocycles. The molecule has 11 heavy (non-hydrogen) atoms. The summed E-state index contributed by atoms with van der Waals surface area (Å²) in [5.41, 5.74) is 0. The molecule has 0 aromatic rings. The van der Waals surface area contributed by atoms with Crippen LogP contribution in [0.3, 0.4) is 0 Å². The summed E-state index contributed by atoms with van der Waals surface area (Å²) in [6.45, 7) is 2.60. The average Bonchev–Trinajstić information content (AvgIpc) is 2.04. The molecular weight excluding hydrogens is 148 g/mol. The van der Waals surface area contributed by atoms with Crippen LogP contribution in [-0.2, 0) is 19.0 Å². The Morgan fingerprint density at radius 3 is 2.82 bits per heavy atom. The second-order valence-electron chi connectivity index (χ2n) is 1.60. The van der Waals surface area contributed by atoms with Gasteiger partial charge in [0.2, 0.25) is 0 Å². The monoisotopic (exact) mass is 160 g/mol. The Morgan fingerprint density at radius 1 is 1.55 bits per heavy atom. The molecule has 0 rings (SSSR count). The molecular formula is C7H12O4. The molecule has 0 aliphatic rings. The van der Waals surface area contributed by atoms with E-state index in [9.17, 15) is 4.79 Å². The molecule has 0 heterocycles. The Balaban J connectivity index is 3.22. The van der Waals surface area contributed by atoms with Gasteiger partial charge in [0.25, 0.3) is 0 Å². The number of esters is 1. The van der Waals surface area contributed by atoms with Crippen molar-refractivity contribution in [2.24, 2.45) is 0 Å². The molecule has 0 spiro atoms. The molecule has 0 aliphatic carbocycles. The number of hydrogen-bond donors (Lipinski definition) is 0. The second-order valence-corrected chi connectivity index (χ2v) is 1.60. The lowest BCUT2D eigenvalue weighted by molar-refractivity contribution is -0.135. The Labute approximate surface area is 65.7 Å². The van der Waals surface area contributed by atoms with Crippen molar-refractivity contribution in [1.29, 1.82) is 0 Å². The lowest BCUT2D eigenvalue weighted by Crippen LogP contribution is -1.97. The van der Waals surface area contributed by atoms with Crippen LogP contribution in [0.5, 0.6) is 0 Å². The average molecular weight is 160 g/mol. The zero-order valence-corrected chi connectivity index (χ0v) is 6.70. The highest BCUT2D eigenvalue weighted by molar-refractivity contribution is 5.81. The van der Waals surface area contributed by atoms with E-state index in [0.717, 1.165) is 0 Å². The molecule has 0 bridgehead atoms. The van der Waals surface area contributed by atoms with E-state index in [4.69, 9.17) is 9.47 Å². The van der Waals surface area contributed by atoms with Gasteiger partial charge in [-0.05, 0) is 6.92 Å². The van der Waals surface area contributed by atoms with Gasteiger partial charge >= 0.3 is 5.97 Å². The maximum Gasteiger partial charge on any atom is 0.333 e. The summed E-state index contributed by atoms with van der Waals surface area (Å²) in [6.07, 6.45) is 2.42. The van der Waals surface area contributed by atoms with E-state index < -0.39 is 5.97 Å². The summed E-state index contributed by atoms with van der Waals surface area (Å²) in [4.78, 5) is 10.4. The van der Waals surface area contributed by atoms with Crippen molar-refractivity contribution >= 4 is 5.97 Å². The quantitative estimate of drug-likeness (QED) is 0.195. The molecule has 0 saturated carbocycles. The van der Waals surface area contributed by atoms with Crippen LogP contribution in [0.2, 0.25) is 0 Å². The van der Waals surface area contributed by atoms with E-state index in [1.54, 1.807) is 0 Å². The zero-order valence-electron chi connectivity index (χ0n) is 6.70. The number of rotatable bonds is 5. The molecule has 4 nitrogen and oxygen atoms in total. The summed E-state index contributed by atoms with van der Waals surface area (Å²) >= 11 is 0. The summed E-state index contributed by atoms with van der Waals surface area (Å²) in [5, 5.41) is 0. The summed E-state index contributed by atoms with van der Waals surface area (Å²) in [5.74, 6) is -0.443. The van der Waals surface area contributed by atoms with E-state index in [2.05, 4.69) is 4.74 Å². The van der Waals surface area contributed by atoms with E-state index in [1.165, 1.54) is 19.4 Å². The largest absolute Gasteiger partial charge is 0.475 e. The normalized spacial score (nSPS) is 10.0. The van der Waals surface area contributed by atoms with E-state index in [0.29, 0.717) is 6.61 Å². The van der Waals surface area contributed by atoms with Crippen molar-refractivity contribution in [2.45, 2.75) is 6.92 Å². The molecule has 64 valence electrons. The van der Waals surface area contributed by atoms with Crippen LogP contribution in [0.4, 0.5) is 0 Å². The van der Waals surface area contributed by atoms with Crippen molar-refractivity contribution in [2.75, 3.05) is 20.5 Å². The lowest BCUT2D eigenvalue weighted by Gasteiger charge is -1.98. The fourth-order valence-corrected chi connectivity index (χ4v) is 0.342. The molecule has 0 saturated heterocycles. The topological polar surface area (TPSA) is 44.8 Å². The Bertz CT molecular complexity index is 130. The third-order valence-corrected chi connectivity index (χ3v) is 0.857. The Hall–Kier alpha value is -1.03. The van der Waals surface area contributed by atoms with E-state index in [-0.39, 0.29) is 6.79 Å². The third kappa shape index (κ3) is 6.86. The minimum Gasteiger partial charge on any atom is -0.475 e. The molecule has 0 atom stereocenters. The van der Waals surface area contributed by atoms with Crippen molar-refractivity contribution in [1.82, 2.24) is 0 Å². The molecule has 0 fully saturated rings. The number of methoxy groups -OCH3 is 1. The summed E-state index contributed by atoms with van der Waals surface area (Å²) in [6, 6.07) is 0. The second kappa shape index (κ2) is 7.08. The van der Waals surface area contributed by atoms with E-state index >= 15 is 0 Å². The molecule has 4 heteroatoms. The van der Waals surface area contributed by atoms with Crippen LogP contribution < -0.4 is 0 Å². The fourth-order valence-electron chi connectivity index (χ4n) is 0.342. The summed E-state index contributed by atoms with van der Waals surface area (Å²) in [7, 11) is 1.30. The first kappa shape index (κ1) is 9.97. The zero-order chi connectivity index (χ0) is 8.53. The van der Waals surface area contributed by atoms with Gasteiger partial charge in [-0.15, -0.1) is 0 Å². The first-order valence-electron chi connectivity index (χ1n) is 3.25. The van der Waals surface area contributed by atoms with Gasteiger partial charge in [0.05, 0.1) is 19.4 Å². The fraction of sp³-hybridized carbons (Fsp3) is 0.571. The van der Waals surface area contributed by atoms with Gasteiger partial charge in [-0.1, -0.05) is 0 Å². The van der Waals surface area contributed by atoms with Crippen LogP contribution in [0.1, 0.15) is 6.92 Å². The number of hydrogen-bond acceptors (Lipinski definition) is 4. The highest BCUT2D eigenvalue weighted by Crippen LogP contribution is 1.82. The maximum absolute atomic E-state index is 10.4. The van der Waals surface area contributed by atoms with Gasteiger partial charge in [-0.2, -0.15) is 0 Å². The minimum absolute atomic E-state index is 0.157. The van der Waals surface area contributed by atoms with Crippen LogP contribution in [0.25, 0.3) is 0 Å². The highest BCUT2D eigenvalue weighted by atomic mass is 16.7. The molecule has 0 aromatic heterocycles. The SMILES string of the molecule is CCOCO/C=C/C(=O)OC. The van der Waals surface area contributed by atoms with Gasteiger partial charge in [0.1, 0.15) is 0 Å². The smallest absolute Gasteiger partial charge is 0.333 e. The van der Waals surface area contributed by atoms with Gasteiger partial charge < -0.3 is 14.2 Å². The van der Waals surface area contributed by atoms with Crippen molar-refractivity contribution < 1.29 is 19.0 Å². The molecule has 0 aromatic carbocycles. The van der Waals surface area contributed by atoms with Crippen molar-refractivity contribution in [3.8, 4) is 0 Å². The number of carbonyl (C=O) groups excluding carboxylic acids is 1. The number of ether oxygens (including phenoxy) is 3. The van der Waals surface area contributed by atoms with Crippen molar-refractivity contribution in [3.05, 3.63) is 12.3 Å². The first-order valence-corrected chi connectivity index (χ1v) is 3.25. The van der Waals surface area contributed by atoms with Crippen LogP contribution in [0, 0.1) is 0 Å². The molecule has 0 unspecified atom stereocenters. The van der Waals surface area contributed by atoms with Crippen LogP contribution >= 0.6 is 0 Å². The van der Waals surface area contributed by atoms with Crippen molar-refractivity contribution in [3.63, 3.8) is 0 Å². The van der Waals surface area contributed by atoms with Gasteiger partial charge in [0.15, 0.2) is 6.79 Å². The number of carbonyl (C=O) groups is 1. The highest BCUT2D eigenvalue weighted by Gasteiger charge is 1.88. The predicted molar refractivity (Wildman–Crippen MR) is 38.7 cm³/mol. The lowest BCUT2D eigenvalue weighted by atomic mass is 10.6. The Kier molecular flexibility index (Phi) is 6.42. The first-order chi connectivity index (χ1) is 5.31. The molecule has 0 N–H and O–H groups in total. The third-order valence-electron chi connectivity index (χ3n) is 0.857. The Morgan fingerprint density at radius 2 is 2.27 bits per heavy atom. The van der Waals surface area contributed by atoms with Crippen LogP contribution in [-0.4, -0.2) is 26.5 Å². The van der Waals surface area contributed by atoms with E-state index in [1.807, 2.05) is 6.92 Å². The molecule has 0 amide bonds. The summed E-state index contributed by atoms with van der Waals surface area (Å²) < 4.78 is 13.9. The predicted octanol–water partition coefficient (Wildman–Crippen LogP) is 0.684. The maximum atomic E-state index is 10.4. The van der Waals surface area contributed by atoms with Gasteiger partial charge in [-0.3, -0.25) is 0 Å². The minimum atomic E-state index is -0.443. The standard InChI is InChI=1S/C7H12O4/c1-3-10-6-11-5-4-7(8)9-2/h4-5H,3,6H2,1-2H3/b5-4+. The van der Waals surface area contributed by atoms with Gasteiger partial charge in [-0.25, -0.2) is 4.79 Å². The van der Waals surface area contributed by atoms with Gasteiger partial charge in [0, 0.05) is 6.61 Å². The molecule has 0 radical (unpaired) electrons. The van der Waals surface area contributed by atoms with Crippen LogP contribution in [0.15, 0.2) is 12.3 Å².